The van der Waals surface area contributed by atoms with E-state index >= 15 is 0 Å². The molecule has 1 heterocycles. The van der Waals surface area contributed by atoms with Crippen LogP contribution in [0.5, 0.6) is 11.5 Å². The average Bonchev–Trinajstić information content (AvgIpc) is 3.02. The molecule has 3 aromatic rings. The highest BCUT2D eigenvalue weighted by Gasteiger charge is 2.14. The van der Waals surface area contributed by atoms with Crippen LogP contribution in [0.4, 0.5) is 0 Å². The largest absolute Gasteiger partial charge is 0.497 e. The average molecular weight is 371 g/mol. The Hall–Kier alpha value is -2.64. The Labute approximate surface area is 157 Å². The molecule has 0 atom stereocenters. The monoisotopic (exact) mass is 371 g/mol. The van der Waals surface area contributed by atoms with Gasteiger partial charge in [-0.25, -0.2) is 4.68 Å². The van der Waals surface area contributed by atoms with Gasteiger partial charge in [-0.2, -0.15) is 0 Å². The summed E-state index contributed by atoms with van der Waals surface area (Å²) < 4.78 is 18.0. The molecule has 0 bridgehead atoms. The quantitative estimate of drug-likeness (QED) is 0.586. The molecule has 0 saturated heterocycles. The lowest BCUT2D eigenvalue weighted by atomic mass is 10.2. The molecule has 0 aliphatic carbocycles. The zero-order chi connectivity index (χ0) is 18.5. The van der Waals surface area contributed by atoms with Crippen molar-refractivity contribution in [3.8, 4) is 23.0 Å². The Balaban J connectivity index is 1.76. The minimum Gasteiger partial charge on any atom is -0.497 e. The second-order valence-electron chi connectivity index (χ2n) is 5.88. The van der Waals surface area contributed by atoms with Crippen LogP contribution in [-0.2, 0) is 13.2 Å². The molecule has 3 rings (SSSR count). The minimum absolute atomic E-state index is 0.323. The maximum atomic E-state index is 5.67. The van der Waals surface area contributed by atoms with Crippen molar-refractivity contribution in [2.75, 3.05) is 21.3 Å². The first-order valence-electron chi connectivity index (χ1n) is 8.13. The smallest absolute Gasteiger partial charge is 0.288 e. The molecular formula is C19H21N3O3S. The molecule has 0 N–H and O–H groups in total. The summed E-state index contributed by atoms with van der Waals surface area (Å²) in [5.41, 5.74) is 1.92. The maximum absolute atomic E-state index is 5.67. The summed E-state index contributed by atoms with van der Waals surface area (Å²) in [5.74, 6) is 1.98. The Bertz CT molecular complexity index is 936. The molecule has 136 valence electrons. The van der Waals surface area contributed by atoms with Crippen molar-refractivity contribution in [3.05, 3.63) is 58.9 Å². The van der Waals surface area contributed by atoms with Gasteiger partial charge in [0.25, 0.3) is 10.7 Å². The highest BCUT2D eigenvalue weighted by atomic mass is 32.1. The first-order valence-corrected chi connectivity index (χ1v) is 8.54. The van der Waals surface area contributed by atoms with Crippen molar-refractivity contribution in [1.29, 1.82) is 0 Å². The molecule has 6 nitrogen and oxygen atoms in total. The van der Waals surface area contributed by atoms with Gasteiger partial charge in [0, 0.05) is 6.54 Å². The van der Waals surface area contributed by atoms with Crippen LogP contribution < -0.4 is 9.47 Å². The summed E-state index contributed by atoms with van der Waals surface area (Å²) in [4.78, 5) is 2.42. The van der Waals surface area contributed by atoms with Gasteiger partial charge in [0.1, 0.15) is 11.5 Å². The van der Waals surface area contributed by atoms with Crippen molar-refractivity contribution in [3.63, 3.8) is 0 Å². The fourth-order valence-corrected chi connectivity index (χ4v) is 2.86. The lowest BCUT2D eigenvalue weighted by Gasteiger charge is -2.16. The summed E-state index contributed by atoms with van der Waals surface area (Å²) in [7, 11) is 5.28. The van der Waals surface area contributed by atoms with Gasteiger partial charge in [-0.15, -0.1) is 5.10 Å². The number of hydrogen-bond donors (Lipinski definition) is 0. The van der Waals surface area contributed by atoms with E-state index in [0.29, 0.717) is 23.1 Å². The molecule has 0 saturated carbocycles. The van der Waals surface area contributed by atoms with Gasteiger partial charge in [-0.3, -0.25) is 4.90 Å². The number of ether oxygens (including phenoxy) is 2. The molecule has 0 aliphatic rings. The Morgan fingerprint density at radius 3 is 2.69 bits per heavy atom. The number of benzene rings is 2. The van der Waals surface area contributed by atoms with Crippen molar-refractivity contribution in [2.24, 2.45) is 0 Å². The molecule has 2 aromatic carbocycles. The third-order valence-corrected chi connectivity index (χ3v) is 4.20. The van der Waals surface area contributed by atoms with E-state index in [2.05, 4.69) is 16.1 Å². The fourth-order valence-electron chi connectivity index (χ4n) is 2.69. The molecule has 7 heteroatoms. The standard InChI is InChI=1S/C19H21N3O3S/c1-21(12-14-7-6-8-15(11-14)23-2)13-22-19(26)25-18(20-22)16-9-4-5-10-17(16)24-3/h4-11H,12-13H2,1-3H3. The first-order chi connectivity index (χ1) is 12.6. The molecule has 0 amide bonds. The number of methoxy groups -OCH3 is 2. The van der Waals surface area contributed by atoms with Crippen LogP contribution in [0.2, 0.25) is 0 Å². The van der Waals surface area contributed by atoms with Crippen LogP contribution >= 0.6 is 12.2 Å². The molecule has 0 fully saturated rings. The zero-order valence-electron chi connectivity index (χ0n) is 15.0. The van der Waals surface area contributed by atoms with Crippen LogP contribution in [0.3, 0.4) is 0 Å². The molecule has 26 heavy (non-hydrogen) atoms. The maximum Gasteiger partial charge on any atom is 0.288 e. The highest BCUT2D eigenvalue weighted by Crippen LogP contribution is 2.28. The molecule has 1 aromatic heterocycles. The van der Waals surface area contributed by atoms with Crippen molar-refractivity contribution in [2.45, 2.75) is 13.2 Å². The SMILES string of the molecule is COc1cccc(CN(C)Cn2nc(-c3ccccc3OC)oc2=S)c1. The van der Waals surface area contributed by atoms with Gasteiger partial charge in [0.15, 0.2) is 0 Å². The number of para-hydroxylation sites is 1. The molecule has 0 radical (unpaired) electrons. The minimum atomic E-state index is 0.323. The van der Waals surface area contributed by atoms with E-state index in [-0.39, 0.29) is 0 Å². The Morgan fingerprint density at radius 2 is 1.92 bits per heavy atom. The van der Waals surface area contributed by atoms with Crippen molar-refractivity contribution >= 4 is 12.2 Å². The van der Waals surface area contributed by atoms with E-state index in [9.17, 15) is 0 Å². The third kappa shape index (κ3) is 4.12. The summed E-state index contributed by atoms with van der Waals surface area (Å²) in [5, 5.41) is 4.50. The summed E-state index contributed by atoms with van der Waals surface area (Å²) in [6.07, 6.45) is 0. The fraction of sp³-hybridized carbons (Fsp3) is 0.263. The lowest BCUT2D eigenvalue weighted by Crippen LogP contribution is -2.22. The van der Waals surface area contributed by atoms with E-state index in [0.717, 1.165) is 23.4 Å². The van der Waals surface area contributed by atoms with Gasteiger partial charge in [0.2, 0.25) is 0 Å². The van der Waals surface area contributed by atoms with Crippen molar-refractivity contribution < 1.29 is 13.9 Å². The van der Waals surface area contributed by atoms with Crippen LogP contribution in [0.25, 0.3) is 11.5 Å². The number of aromatic nitrogens is 2. The van der Waals surface area contributed by atoms with E-state index < -0.39 is 0 Å². The molecule has 0 spiro atoms. The first kappa shape index (κ1) is 18.2. The topological polar surface area (TPSA) is 52.7 Å². The van der Waals surface area contributed by atoms with Crippen LogP contribution in [0.15, 0.2) is 52.9 Å². The summed E-state index contributed by atoms with van der Waals surface area (Å²) in [6.45, 7) is 1.24. The van der Waals surface area contributed by atoms with Crippen LogP contribution in [0, 0.1) is 4.84 Å². The predicted molar refractivity (Wildman–Crippen MR) is 102 cm³/mol. The van der Waals surface area contributed by atoms with E-state index in [1.807, 2.05) is 49.5 Å². The lowest BCUT2D eigenvalue weighted by molar-refractivity contribution is 0.240. The highest BCUT2D eigenvalue weighted by molar-refractivity contribution is 7.71. The second-order valence-corrected chi connectivity index (χ2v) is 6.23. The van der Waals surface area contributed by atoms with Crippen LogP contribution in [-0.4, -0.2) is 35.9 Å². The molecule has 0 unspecified atom stereocenters. The Kier molecular flexibility index (Phi) is 5.70. The van der Waals surface area contributed by atoms with Gasteiger partial charge in [-0.1, -0.05) is 24.3 Å². The number of hydrogen-bond acceptors (Lipinski definition) is 6. The molecule has 0 aliphatic heterocycles. The zero-order valence-corrected chi connectivity index (χ0v) is 15.8. The van der Waals surface area contributed by atoms with E-state index in [4.69, 9.17) is 26.1 Å². The van der Waals surface area contributed by atoms with Crippen molar-refractivity contribution in [1.82, 2.24) is 14.7 Å². The van der Waals surface area contributed by atoms with Gasteiger partial charge in [0.05, 0.1) is 26.5 Å². The predicted octanol–water partition coefficient (Wildman–Crippen LogP) is 3.98. The van der Waals surface area contributed by atoms with Gasteiger partial charge in [-0.05, 0) is 49.1 Å². The number of nitrogens with zero attached hydrogens (tertiary/aromatic N) is 3. The van der Waals surface area contributed by atoms with Crippen LogP contribution in [0.1, 0.15) is 5.56 Å². The summed E-state index contributed by atoms with van der Waals surface area (Å²) in [6, 6.07) is 15.5. The van der Waals surface area contributed by atoms with E-state index in [1.54, 1.807) is 18.9 Å². The van der Waals surface area contributed by atoms with Gasteiger partial charge < -0.3 is 13.9 Å². The van der Waals surface area contributed by atoms with E-state index in [1.165, 1.54) is 0 Å². The van der Waals surface area contributed by atoms with Gasteiger partial charge >= 0.3 is 0 Å². The second kappa shape index (κ2) is 8.16. The molecular weight excluding hydrogens is 350 g/mol. The summed E-state index contributed by atoms with van der Waals surface area (Å²) >= 11 is 5.32. The third-order valence-electron chi connectivity index (χ3n) is 3.91. The number of rotatable bonds is 7. The normalized spacial score (nSPS) is 10.9. The Morgan fingerprint density at radius 1 is 1.12 bits per heavy atom.